The number of rotatable bonds is 5. The zero-order valence-electron chi connectivity index (χ0n) is 13.7. The van der Waals surface area contributed by atoms with Gasteiger partial charge in [-0.2, -0.15) is 0 Å². The molecule has 2 saturated carbocycles. The monoisotopic (exact) mass is 278 g/mol. The van der Waals surface area contributed by atoms with E-state index in [0.717, 1.165) is 17.9 Å². The molecule has 1 aliphatic heterocycles. The first kappa shape index (κ1) is 14.8. The number of hydrogen-bond donors (Lipinski definition) is 1. The molecule has 0 spiro atoms. The molecule has 1 N–H and O–H groups in total. The summed E-state index contributed by atoms with van der Waals surface area (Å²) in [4.78, 5) is 2.83. The van der Waals surface area contributed by atoms with Gasteiger partial charge in [0.25, 0.3) is 0 Å². The van der Waals surface area contributed by atoms with Gasteiger partial charge >= 0.3 is 0 Å². The van der Waals surface area contributed by atoms with Gasteiger partial charge in [0.1, 0.15) is 0 Å². The van der Waals surface area contributed by atoms with Crippen LogP contribution in [-0.2, 0) is 0 Å². The fraction of sp³-hybridized carbons (Fsp3) is 1.00. The molecule has 2 aliphatic carbocycles. The number of nitrogens with one attached hydrogen (secondary N) is 1. The zero-order valence-corrected chi connectivity index (χ0v) is 13.7. The Morgan fingerprint density at radius 1 is 1.15 bits per heavy atom. The van der Waals surface area contributed by atoms with E-state index in [2.05, 4.69) is 24.1 Å². The van der Waals surface area contributed by atoms with E-state index in [9.17, 15) is 0 Å². The molecule has 2 heteroatoms. The van der Waals surface area contributed by atoms with Crippen molar-refractivity contribution in [1.82, 2.24) is 10.2 Å². The molecular formula is C18H34N2. The molecule has 0 bridgehead atoms. The van der Waals surface area contributed by atoms with Crippen LogP contribution in [0.2, 0.25) is 0 Å². The highest BCUT2D eigenvalue weighted by atomic mass is 15.2. The minimum atomic E-state index is 0.659. The second kappa shape index (κ2) is 6.36. The first-order chi connectivity index (χ1) is 9.67. The van der Waals surface area contributed by atoms with Crippen LogP contribution in [0, 0.1) is 17.3 Å². The highest BCUT2D eigenvalue weighted by molar-refractivity contribution is 4.93. The fourth-order valence-corrected chi connectivity index (χ4v) is 4.87. The van der Waals surface area contributed by atoms with E-state index in [1.165, 1.54) is 77.5 Å². The first-order valence-corrected chi connectivity index (χ1v) is 9.13. The Morgan fingerprint density at radius 3 is 2.55 bits per heavy atom. The summed E-state index contributed by atoms with van der Waals surface area (Å²) in [6.07, 6.45) is 11.7. The average molecular weight is 278 g/mol. The number of hydrogen-bond acceptors (Lipinski definition) is 2. The maximum Gasteiger partial charge on any atom is 0.0223 e. The highest BCUT2D eigenvalue weighted by Crippen LogP contribution is 2.44. The first-order valence-electron chi connectivity index (χ1n) is 9.13. The van der Waals surface area contributed by atoms with Gasteiger partial charge in [0, 0.05) is 19.1 Å². The Labute approximate surface area is 125 Å². The summed E-state index contributed by atoms with van der Waals surface area (Å²) >= 11 is 0. The second-order valence-electron chi connectivity index (χ2n) is 8.29. The Morgan fingerprint density at radius 2 is 1.90 bits per heavy atom. The Balaban J connectivity index is 1.61. The lowest BCUT2D eigenvalue weighted by Crippen LogP contribution is -2.43. The van der Waals surface area contributed by atoms with Crippen molar-refractivity contribution in [3.8, 4) is 0 Å². The van der Waals surface area contributed by atoms with Crippen molar-refractivity contribution in [3.63, 3.8) is 0 Å². The summed E-state index contributed by atoms with van der Waals surface area (Å²) < 4.78 is 0. The molecule has 1 unspecified atom stereocenters. The molecule has 0 aromatic heterocycles. The standard InChI is InChI=1S/C18H34N2/c1-15(2)12-18(8-3-4-9-18)14-20-11-5-10-19-17(13-20)16-6-7-16/h15-17,19H,3-14H2,1-2H3. The van der Waals surface area contributed by atoms with Crippen molar-refractivity contribution in [3.05, 3.63) is 0 Å². The third-order valence-electron chi connectivity index (χ3n) is 5.77. The van der Waals surface area contributed by atoms with E-state index in [1.54, 1.807) is 0 Å². The molecule has 0 radical (unpaired) electrons. The molecule has 1 atom stereocenters. The van der Waals surface area contributed by atoms with Crippen molar-refractivity contribution < 1.29 is 0 Å². The third-order valence-corrected chi connectivity index (χ3v) is 5.77. The van der Waals surface area contributed by atoms with Crippen LogP contribution in [0.1, 0.15) is 65.2 Å². The molecule has 116 valence electrons. The van der Waals surface area contributed by atoms with E-state index in [0.29, 0.717) is 5.41 Å². The SMILES string of the molecule is CC(C)CC1(CN2CCCNC(C3CC3)C2)CCCC1. The van der Waals surface area contributed by atoms with Crippen LogP contribution in [0.15, 0.2) is 0 Å². The molecular weight excluding hydrogens is 244 g/mol. The summed E-state index contributed by atoms with van der Waals surface area (Å²) in [7, 11) is 0. The lowest BCUT2D eigenvalue weighted by Gasteiger charge is -2.37. The Bertz CT molecular complexity index is 303. The van der Waals surface area contributed by atoms with Crippen LogP contribution in [0.4, 0.5) is 0 Å². The van der Waals surface area contributed by atoms with Gasteiger partial charge in [-0.05, 0) is 68.9 Å². The van der Waals surface area contributed by atoms with Gasteiger partial charge in [-0.15, -0.1) is 0 Å². The van der Waals surface area contributed by atoms with Gasteiger partial charge in [-0.1, -0.05) is 26.7 Å². The molecule has 1 saturated heterocycles. The number of nitrogens with zero attached hydrogens (tertiary/aromatic N) is 1. The van der Waals surface area contributed by atoms with E-state index in [-0.39, 0.29) is 0 Å². The van der Waals surface area contributed by atoms with Crippen LogP contribution in [0.25, 0.3) is 0 Å². The molecule has 0 aromatic carbocycles. The minimum Gasteiger partial charge on any atom is -0.312 e. The fourth-order valence-electron chi connectivity index (χ4n) is 4.87. The predicted octanol–water partition coefficient (Wildman–Crippen LogP) is 3.67. The van der Waals surface area contributed by atoms with Gasteiger partial charge in [0.2, 0.25) is 0 Å². The summed E-state index contributed by atoms with van der Waals surface area (Å²) in [6.45, 7) is 10.1. The predicted molar refractivity (Wildman–Crippen MR) is 85.9 cm³/mol. The van der Waals surface area contributed by atoms with Crippen LogP contribution < -0.4 is 5.32 Å². The molecule has 2 nitrogen and oxygen atoms in total. The molecule has 3 fully saturated rings. The summed E-state index contributed by atoms with van der Waals surface area (Å²) in [6, 6.07) is 0.801. The topological polar surface area (TPSA) is 15.3 Å². The normalized spacial score (nSPS) is 31.6. The lowest BCUT2D eigenvalue weighted by atomic mass is 9.78. The van der Waals surface area contributed by atoms with Gasteiger partial charge < -0.3 is 10.2 Å². The quantitative estimate of drug-likeness (QED) is 0.825. The average Bonchev–Trinajstić information content (AvgIpc) is 3.16. The van der Waals surface area contributed by atoms with Crippen molar-refractivity contribution in [1.29, 1.82) is 0 Å². The van der Waals surface area contributed by atoms with Gasteiger partial charge in [-0.3, -0.25) is 0 Å². The highest BCUT2D eigenvalue weighted by Gasteiger charge is 2.38. The maximum absolute atomic E-state index is 3.81. The van der Waals surface area contributed by atoms with Crippen LogP contribution in [-0.4, -0.2) is 37.1 Å². The van der Waals surface area contributed by atoms with Gasteiger partial charge in [0.15, 0.2) is 0 Å². The lowest BCUT2D eigenvalue weighted by molar-refractivity contribution is 0.124. The molecule has 0 amide bonds. The second-order valence-corrected chi connectivity index (χ2v) is 8.29. The summed E-state index contributed by atoms with van der Waals surface area (Å²) in [5.74, 6) is 1.86. The molecule has 1 heterocycles. The van der Waals surface area contributed by atoms with E-state index in [1.807, 2.05) is 0 Å². The van der Waals surface area contributed by atoms with E-state index in [4.69, 9.17) is 0 Å². The molecule has 0 aromatic rings. The smallest absolute Gasteiger partial charge is 0.0223 e. The summed E-state index contributed by atoms with van der Waals surface area (Å²) in [5.41, 5.74) is 0.659. The Hall–Kier alpha value is -0.0800. The molecule has 3 aliphatic rings. The van der Waals surface area contributed by atoms with E-state index >= 15 is 0 Å². The largest absolute Gasteiger partial charge is 0.312 e. The van der Waals surface area contributed by atoms with Crippen LogP contribution in [0.5, 0.6) is 0 Å². The zero-order chi connectivity index (χ0) is 14.0. The Kier molecular flexibility index (Phi) is 4.72. The molecule has 3 rings (SSSR count). The van der Waals surface area contributed by atoms with Crippen molar-refractivity contribution in [2.24, 2.45) is 17.3 Å². The maximum atomic E-state index is 3.81. The third kappa shape index (κ3) is 3.76. The molecule has 20 heavy (non-hydrogen) atoms. The van der Waals surface area contributed by atoms with Crippen molar-refractivity contribution in [2.75, 3.05) is 26.2 Å². The van der Waals surface area contributed by atoms with E-state index < -0.39 is 0 Å². The van der Waals surface area contributed by atoms with Gasteiger partial charge in [0.05, 0.1) is 0 Å². The van der Waals surface area contributed by atoms with Crippen LogP contribution >= 0.6 is 0 Å². The van der Waals surface area contributed by atoms with Crippen molar-refractivity contribution >= 4 is 0 Å². The van der Waals surface area contributed by atoms with Gasteiger partial charge in [-0.25, -0.2) is 0 Å². The van der Waals surface area contributed by atoms with Crippen LogP contribution in [0.3, 0.4) is 0 Å². The minimum absolute atomic E-state index is 0.659. The van der Waals surface area contributed by atoms with Crippen molar-refractivity contribution in [2.45, 2.75) is 71.3 Å². The summed E-state index contributed by atoms with van der Waals surface area (Å²) in [5, 5.41) is 3.81.